The fourth-order valence-corrected chi connectivity index (χ4v) is 1.98. The van der Waals surface area contributed by atoms with Crippen LogP contribution >= 0.6 is 11.6 Å². The molecule has 1 atom stereocenters. The van der Waals surface area contributed by atoms with Crippen molar-refractivity contribution in [3.8, 4) is 0 Å². The zero-order valence-corrected chi connectivity index (χ0v) is 9.93. The number of hydrogen-bond donors (Lipinski definition) is 2. The Balaban J connectivity index is 2.16. The third-order valence-electron chi connectivity index (χ3n) is 3.06. The normalized spacial score (nSPS) is 17.5. The molecule has 0 saturated heterocycles. The van der Waals surface area contributed by atoms with Gasteiger partial charge in [0, 0.05) is 11.7 Å². The quantitative estimate of drug-likeness (QED) is 0.772. The molecule has 2 rings (SSSR count). The summed E-state index contributed by atoms with van der Waals surface area (Å²) in [5.41, 5.74) is 8.65. The lowest BCUT2D eigenvalue weighted by atomic mass is 10.1. The van der Waals surface area contributed by atoms with Crippen LogP contribution in [0.4, 0.5) is 11.4 Å². The number of halogens is 1. The third-order valence-corrected chi connectivity index (χ3v) is 3.38. The molecular formula is C12H17ClN2. The largest absolute Gasteiger partial charge is 0.398 e. The van der Waals surface area contributed by atoms with Crippen LogP contribution in [0.2, 0.25) is 5.02 Å². The van der Waals surface area contributed by atoms with Gasteiger partial charge in [0.05, 0.1) is 10.7 Å². The van der Waals surface area contributed by atoms with Crippen molar-refractivity contribution in [3.63, 3.8) is 0 Å². The summed E-state index contributed by atoms with van der Waals surface area (Å²) in [6, 6.07) is 4.37. The summed E-state index contributed by atoms with van der Waals surface area (Å²) in [5, 5.41) is 4.13. The first kappa shape index (κ1) is 10.6. The van der Waals surface area contributed by atoms with Crippen LogP contribution in [-0.2, 0) is 0 Å². The molecule has 0 aromatic heterocycles. The molecule has 0 amide bonds. The molecule has 1 saturated carbocycles. The minimum Gasteiger partial charge on any atom is -0.398 e. The second-order valence-electron chi connectivity index (χ2n) is 4.46. The minimum atomic E-state index is 0.531. The number of nitrogen functional groups attached to an aromatic ring is 1. The van der Waals surface area contributed by atoms with Crippen molar-refractivity contribution in [1.29, 1.82) is 0 Å². The lowest BCUT2D eigenvalue weighted by Crippen LogP contribution is -2.17. The first-order valence-electron chi connectivity index (χ1n) is 5.40. The number of anilines is 2. The van der Waals surface area contributed by atoms with E-state index < -0.39 is 0 Å². The summed E-state index contributed by atoms with van der Waals surface area (Å²) < 4.78 is 0. The molecule has 3 N–H and O–H groups in total. The predicted octanol–water partition coefficient (Wildman–Crippen LogP) is 3.44. The maximum Gasteiger partial charge on any atom is 0.0656 e. The highest BCUT2D eigenvalue weighted by atomic mass is 35.5. The van der Waals surface area contributed by atoms with Gasteiger partial charge in [0.2, 0.25) is 0 Å². The molecule has 1 aromatic carbocycles. The Labute approximate surface area is 95.8 Å². The van der Waals surface area contributed by atoms with Crippen LogP contribution in [0.5, 0.6) is 0 Å². The number of benzene rings is 1. The van der Waals surface area contributed by atoms with Gasteiger partial charge < -0.3 is 11.1 Å². The Bertz CT molecular complexity index is 372. The Hall–Kier alpha value is -0.890. The zero-order valence-electron chi connectivity index (χ0n) is 9.18. The van der Waals surface area contributed by atoms with Gasteiger partial charge in [-0.3, -0.25) is 0 Å². The van der Waals surface area contributed by atoms with Crippen molar-refractivity contribution in [1.82, 2.24) is 0 Å². The second-order valence-corrected chi connectivity index (χ2v) is 4.87. The van der Waals surface area contributed by atoms with Gasteiger partial charge in [0.25, 0.3) is 0 Å². The second kappa shape index (κ2) is 3.93. The van der Waals surface area contributed by atoms with Crippen LogP contribution in [0.3, 0.4) is 0 Å². The first-order chi connectivity index (χ1) is 7.08. The molecule has 82 valence electrons. The lowest BCUT2D eigenvalue weighted by molar-refractivity contribution is 0.693. The van der Waals surface area contributed by atoms with Crippen molar-refractivity contribution in [2.45, 2.75) is 32.7 Å². The topological polar surface area (TPSA) is 38.0 Å². The van der Waals surface area contributed by atoms with Crippen LogP contribution in [-0.4, -0.2) is 6.04 Å². The number of aryl methyl sites for hydroxylation is 1. The van der Waals surface area contributed by atoms with Gasteiger partial charge in [-0.1, -0.05) is 11.6 Å². The van der Waals surface area contributed by atoms with Crippen molar-refractivity contribution in [3.05, 3.63) is 22.7 Å². The predicted molar refractivity (Wildman–Crippen MR) is 66.4 cm³/mol. The molecular weight excluding hydrogens is 208 g/mol. The Morgan fingerprint density at radius 3 is 2.73 bits per heavy atom. The van der Waals surface area contributed by atoms with E-state index in [0.717, 1.165) is 17.2 Å². The molecule has 15 heavy (non-hydrogen) atoms. The van der Waals surface area contributed by atoms with Gasteiger partial charge in [0.15, 0.2) is 0 Å². The maximum atomic E-state index is 6.00. The highest BCUT2D eigenvalue weighted by molar-refractivity contribution is 6.33. The highest BCUT2D eigenvalue weighted by Gasteiger charge is 2.27. The summed E-state index contributed by atoms with van der Waals surface area (Å²) in [5.74, 6) is 0.834. The first-order valence-corrected chi connectivity index (χ1v) is 5.78. The summed E-state index contributed by atoms with van der Waals surface area (Å²) in [6.45, 7) is 4.27. The smallest absolute Gasteiger partial charge is 0.0656 e. The average molecular weight is 225 g/mol. The minimum absolute atomic E-state index is 0.531. The SMILES string of the molecule is Cc1cc(N)c(Cl)cc1NC(C)C1CC1. The van der Waals surface area contributed by atoms with Gasteiger partial charge >= 0.3 is 0 Å². The van der Waals surface area contributed by atoms with E-state index in [1.54, 1.807) is 0 Å². The van der Waals surface area contributed by atoms with Crippen LogP contribution in [0.15, 0.2) is 12.1 Å². The van der Waals surface area contributed by atoms with Crippen LogP contribution in [0, 0.1) is 12.8 Å². The Kier molecular flexibility index (Phi) is 2.79. The number of nitrogens with two attached hydrogens (primary N) is 1. The highest BCUT2D eigenvalue weighted by Crippen LogP contribution is 2.35. The Morgan fingerprint density at radius 2 is 2.13 bits per heavy atom. The van der Waals surface area contributed by atoms with Crippen molar-refractivity contribution < 1.29 is 0 Å². The standard InChI is InChI=1S/C12H17ClN2/c1-7-5-11(14)10(13)6-12(7)15-8(2)9-3-4-9/h5-6,8-9,15H,3-4,14H2,1-2H3. The summed E-state index contributed by atoms with van der Waals surface area (Å²) in [6.07, 6.45) is 2.69. The molecule has 1 aromatic rings. The molecule has 2 nitrogen and oxygen atoms in total. The molecule has 1 aliphatic rings. The fourth-order valence-electron chi connectivity index (χ4n) is 1.82. The van der Waals surface area contributed by atoms with Crippen molar-refractivity contribution in [2.75, 3.05) is 11.1 Å². The van der Waals surface area contributed by atoms with E-state index in [2.05, 4.69) is 19.2 Å². The molecule has 0 heterocycles. The molecule has 3 heteroatoms. The van der Waals surface area contributed by atoms with Crippen LogP contribution in [0.25, 0.3) is 0 Å². The van der Waals surface area contributed by atoms with Gasteiger partial charge in [-0.2, -0.15) is 0 Å². The molecule has 1 unspecified atom stereocenters. The molecule has 0 aliphatic heterocycles. The van der Waals surface area contributed by atoms with E-state index >= 15 is 0 Å². The molecule has 0 bridgehead atoms. The van der Waals surface area contributed by atoms with Gasteiger partial charge in [-0.25, -0.2) is 0 Å². The van der Waals surface area contributed by atoms with E-state index in [1.165, 1.54) is 12.8 Å². The summed E-state index contributed by atoms with van der Waals surface area (Å²) >= 11 is 6.00. The van der Waals surface area contributed by atoms with Gasteiger partial charge in [0.1, 0.15) is 0 Å². The van der Waals surface area contributed by atoms with E-state index in [-0.39, 0.29) is 0 Å². The summed E-state index contributed by atoms with van der Waals surface area (Å²) in [4.78, 5) is 0. The third kappa shape index (κ3) is 2.37. The van der Waals surface area contributed by atoms with Crippen molar-refractivity contribution >= 4 is 23.0 Å². The van der Waals surface area contributed by atoms with Crippen LogP contribution in [0.1, 0.15) is 25.3 Å². The summed E-state index contributed by atoms with van der Waals surface area (Å²) in [7, 11) is 0. The van der Waals surface area contributed by atoms with Crippen LogP contribution < -0.4 is 11.1 Å². The fraction of sp³-hybridized carbons (Fsp3) is 0.500. The van der Waals surface area contributed by atoms with Crippen molar-refractivity contribution in [2.24, 2.45) is 5.92 Å². The zero-order chi connectivity index (χ0) is 11.0. The van der Waals surface area contributed by atoms with Gasteiger partial charge in [-0.15, -0.1) is 0 Å². The van der Waals surface area contributed by atoms with E-state index in [0.29, 0.717) is 16.8 Å². The van der Waals surface area contributed by atoms with Gasteiger partial charge in [-0.05, 0) is 50.3 Å². The maximum absolute atomic E-state index is 6.00. The molecule has 1 aliphatic carbocycles. The number of hydrogen-bond acceptors (Lipinski definition) is 2. The number of nitrogens with one attached hydrogen (secondary N) is 1. The van der Waals surface area contributed by atoms with E-state index in [4.69, 9.17) is 17.3 Å². The lowest BCUT2D eigenvalue weighted by Gasteiger charge is -2.17. The Morgan fingerprint density at radius 1 is 1.47 bits per heavy atom. The molecule has 0 spiro atoms. The monoisotopic (exact) mass is 224 g/mol. The molecule has 1 fully saturated rings. The van der Waals surface area contributed by atoms with E-state index in [1.807, 2.05) is 12.1 Å². The number of rotatable bonds is 3. The average Bonchev–Trinajstić information content (AvgIpc) is 2.97. The molecule has 0 radical (unpaired) electrons. The van der Waals surface area contributed by atoms with E-state index in [9.17, 15) is 0 Å².